The monoisotopic (exact) mass is 492 g/mol. The number of nitriles is 1. The average Bonchev–Trinajstić information content (AvgIpc) is 3.36. The molecule has 0 saturated carbocycles. The van der Waals surface area contributed by atoms with Crippen LogP contribution in [-0.4, -0.2) is 56.1 Å². The van der Waals surface area contributed by atoms with Crippen LogP contribution in [-0.2, 0) is 26.3 Å². The zero-order valence-corrected chi connectivity index (χ0v) is 20.8. The van der Waals surface area contributed by atoms with E-state index in [1.165, 1.54) is 0 Å². The lowest BCUT2D eigenvalue weighted by molar-refractivity contribution is -0.124. The van der Waals surface area contributed by atoms with Crippen LogP contribution < -0.4 is 9.80 Å². The normalized spacial score (nSPS) is 21.8. The number of nitrogens with zero attached hydrogens (tertiary/aromatic N) is 4. The number of amides is 2. The molecule has 3 aliphatic rings. The highest BCUT2D eigenvalue weighted by Gasteiger charge is 2.44. The lowest BCUT2D eigenvalue weighted by Crippen LogP contribution is -2.39. The van der Waals surface area contributed by atoms with E-state index in [4.69, 9.17) is 16.3 Å². The standard InChI is InChI=1S/C27H29ClN4O3/c1-27(2)17-32(24-13-23(28)19(11-22(24)27)15-30-6-8-35-9-7-30)26(34)20-12-25(33)31(16-20)21-5-3-4-18(10-21)14-29/h3-5,10-11,13,20H,6-9,12,15-17H2,1-2H3. The maximum absolute atomic E-state index is 13.7. The van der Waals surface area contributed by atoms with Crippen molar-refractivity contribution < 1.29 is 14.3 Å². The van der Waals surface area contributed by atoms with Crippen LogP contribution in [0, 0.1) is 17.2 Å². The summed E-state index contributed by atoms with van der Waals surface area (Å²) in [4.78, 5) is 32.3. The number of carbonyl (C=O) groups excluding carboxylic acids is 2. The second kappa shape index (κ2) is 9.27. The van der Waals surface area contributed by atoms with Gasteiger partial charge in [-0.1, -0.05) is 37.6 Å². The summed E-state index contributed by atoms with van der Waals surface area (Å²) in [7, 11) is 0. The Balaban J connectivity index is 1.37. The summed E-state index contributed by atoms with van der Waals surface area (Å²) in [5, 5.41) is 9.85. The SMILES string of the molecule is CC1(C)CN(C(=O)C2CC(=O)N(c3cccc(C#N)c3)C2)c2cc(Cl)c(CN3CCOCC3)cc21. The molecule has 2 amide bonds. The zero-order valence-electron chi connectivity index (χ0n) is 20.1. The first-order valence-electron chi connectivity index (χ1n) is 12.0. The topological polar surface area (TPSA) is 76.9 Å². The van der Waals surface area contributed by atoms with Crippen LogP contribution in [0.5, 0.6) is 0 Å². The molecule has 1 atom stereocenters. The fourth-order valence-corrected chi connectivity index (χ4v) is 5.56. The molecule has 3 aliphatic heterocycles. The molecule has 5 rings (SSSR count). The Bertz CT molecular complexity index is 1220. The summed E-state index contributed by atoms with van der Waals surface area (Å²) in [6.45, 7) is 9.12. The number of halogens is 1. The second-order valence-corrected chi connectivity index (χ2v) is 10.6. The van der Waals surface area contributed by atoms with Crippen molar-refractivity contribution in [3.8, 4) is 6.07 Å². The van der Waals surface area contributed by atoms with Crippen molar-refractivity contribution in [2.24, 2.45) is 5.92 Å². The van der Waals surface area contributed by atoms with E-state index in [1.54, 1.807) is 29.2 Å². The maximum atomic E-state index is 13.7. The third-order valence-electron chi connectivity index (χ3n) is 7.26. The van der Waals surface area contributed by atoms with Crippen LogP contribution in [0.25, 0.3) is 0 Å². The molecule has 2 aromatic carbocycles. The van der Waals surface area contributed by atoms with Gasteiger partial charge in [-0.25, -0.2) is 0 Å². The molecule has 35 heavy (non-hydrogen) atoms. The Hall–Kier alpha value is -2.92. The van der Waals surface area contributed by atoms with E-state index in [9.17, 15) is 14.9 Å². The molecule has 0 bridgehead atoms. The van der Waals surface area contributed by atoms with Crippen LogP contribution in [0.4, 0.5) is 11.4 Å². The van der Waals surface area contributed by atoms with Gasteiger partial charge in [-0.05, 0) is 35.4 Å². The Morgan fingerprint density at radius 1 is 1.23 bits per heavy atom. The van der Waals surface area contributed by atoms with Crippen LogP contribution >= 0.6 is 11.6 Å². The van der Waals surface area contributed by atoms with E-state index < -0.39 is 5.92 Å². The van der Waals surface area contributed by atoms with Crippen molar-refractivity contribution >= 4 is 34.8 Å². The number of anilines is 2. The van der Waals surface area contributed by atoms with E-state index in [0.29, 0.717) is 29.4 Å². The molecule has 8 heteroatoms. The lowest BCUT2D eigenvalue weighted by atomic mass is 9.86. The van der Waals surface area contributed by atoms with Gasteiger partial charge in [0.2, 0.25) is 11.8 Å². The average molecular weight is 493 g/mol. The van der Waals surface area contributed by atoms with Crippen molar-refractivity contribution in [3.63, 3.8) is 0 Å². The first kappa shape index (κ1) is 23.8. The van der Waals surface area contributed by atoms with Crippen molar-refractivity contribution in [2.75, 3.05) is 49.2 Å². The van der Waals surface area contributed by atoms with Gasteiger partial charge in [-0.2, -0.15) is 5.26 Å². The van der Waals surface area contributed by atoms with Gasteiger partial charge in [0.15, 0.2) is 0 Å². The molecule has 7 nitrogen and oxygen atoms in total. The fraction of sp³-hybridized carbons (Fsp3) is 0.444. The molecule has 0 aromatic heterocycles. The lowest BCUT2D eigenvalue weighted by Gasteiger charge is -2.27. The van der Waals surface area contributed by atoms with E-state index in [0.717, 1.165) is 49.7 Å². The highest BCUT2D eigenvalue weighted by molar-refractivity contribution is 6.31. The molecule has 0 N–H and O–H groups in total. The minimum Gasteiger partial charge on any atom is -0.379 e. The Morgan fingerprint density at radius 2 is 2.00 bits per heavy atom. The van der Waals surface area contributed by atoms with Gasteiger partial charge < -0.3 is 14.5 Å². The summed E-state index contributed by atoms with van der Waals surface area (Å²) >= 11 is 6.72. The first-order chi connectivity index (χ1) is 16.8. The molecular weight excluding hydrogens is 464 g/mol. The molecule has 182 valence electrons. The van der Waals surface area contributed by atoms with Crippen molar-refractivity contribution in [3.05, 3.63) is 58.1 Å². The molecule has 2 fully saturated rings. The number of hydrogen-bond acceptors (Lipinski definition) is 5. The van der Waals surface area contributed by atoms with E-state index in [1.807, 2.05) is 11.0 Å². The largest absolute Gasteiger partial charge is 0.379 e. The van der Waals surface area contributed by atoms with Crippen molar-refractivity contribution in [1.82, 2.24) is 4.90 Å². The van der Waals surface area contributed by atoms with Crippen LogP contribution in [0.1, 0.15) is 37.0 Å². The predicted molar refractivity (Wildman–Crippen MR) is 135 cm³/mol. The number of carbonyl (C=O) groups is 2. The van der Waals surface area contributed by atoms with E-state index in [2.05, 4.69) is 30.9 Å². The Morgan fingerprint density at radius 3 is 2.74 bits per heavy atom. The highest BCUT2D eigenvalue weighted by atomic mass is 35.5. The van der Waals surface area contributed by atoms with E-state index >= 15 is 0 Å². The molecule has 0 spiro atoms. The van der Waals surface area contributed by atoms with Gasteiger partial charge in [-0.15, -0.1) is 0 Å². The number of ether oxygens (including phenoxy) is 1. The minimum atomic E-state index is -0.443. The van der Waals surface area contributed by atoms with Gasteiger partial charge in [0.05, 0.1) is 30.8 Å². The third kappa shape index (κ3) is 4.54. The summed E-state index contributed by atoms with van der Waals surface area (Å²) < 4.78 is 5.46. The summed E-state index contributed by atoms with van der Waals surface area (Å²) in [5.41, 5.74) is 3.94. The first-order valence-corrected chi connectivity index (χ1v) is 12.4. The smallest absolute Gasteiger partial charge is 0.232 e. The van der Waals surface area contributed by atoms with Crippen LogP contribution in [0.15, 0.2) is 36.4 Å². The fourth-order valence-electron chi connectivity index (χ4n) is 5.34. The number of fused-ring (bicyclic) bond motifs is 1. The molecular formula is C27H29ClN4O3. The quantitative estimate of drug-likeness (QED) is 0.650. The van der Waals surface area contributed by atoms with Crippen molar-refractivity contribution in [1.29, 1.82) is 5.26 Å². The molecule has 3 heterocycles. The summed E-state index contributed by atoms with van der Waals surface area (Å²) in [6.07, 6.45) is 0.157. The van der Waals surface area contributed by atoms with Crippen molar-refractivity contribution in [2.45, 2.75) is 32.2 Å². The van der Waals surface area contributed by atoms with Gasteiger partial charge in [0, 0.05) is 61.0 Å². The van der Waals surface area contributed by atoms with Gasteiger partial charge in [0.25, 0.3) is 0 Å². The maximum Gasteiger partial charge on any atom is 0.232 e. The molecule has 2 aromatic rings. The Labute approximate surface area is 210 Å². The second-order valence-electron chi connectivity index (χ2n) is 10.2. The van der Waals surface area contributed by atoms with Gasteiger partial charge >= 0.3 is 0 Å². The van der Waals surface area contributed by atoms with Crippen LogP contribution in [0.2, 0.25) is 5.02 Å². The van der Waals surface area contributed by atoms with Gasteiger partial charge in [-0.3, -0.25) is 14.5 Å². The van der Waals surface area contributed by atoms with Gasteiger partial charge in [0.1, 0.15) is 0 Å². The van der Waals surface area contributed by atoms with Crippen LogP contribution in [0.3, 0.4) is 0 Å². The molecule has 0 aliphatic carbocycles. The van der Waals surface area contributed by atoms with E-state index in [-0.39, 0.29) is 23.7 Å². The molecule has 0 radical (unpaired) electrons. The Kier molecular flexibility index (Phi) is 6.30. The molecule has 1 unspecified atom stereocenters. The zero-order chi connectivity index (χ0) is 24.7. The minimum absolute atomic E-state index is 0.0545. The number of benzene rings is 2. The predicted octanol–water partition coefficient (Wildman–Crippen LogP) is 3.72. The summed E-state index contributed by atoms with van der Waals surface area (Å²) in [5.74, 6) is -0.598. The number of morpholine rings is 1. The number of hydrogen-bond donors (Lipinski definition) is 0. The number of rotatable bonds is 4. The third-order valence-corrected chi connectivity index (χ3v) is 7.61. The highest BCUT2D eigenvalue weighted by Crippen LogP contribution is 2.44. The summed E-state index contributed by atoms with van der Waals surface area (Å²) in [6, 6.07) is 13.1. The molecule has 2 saturated heterocycles.